The second-order valence-electron chi connectivity index (χ2n) is 2.77. The van der Waals surface area contributed by atoms with Crippen LogP contribution < -0.4 is 5.32 Å². The molecule has 0 atom stereocenters. The topological polar surface area (TPSA) is 51.2 Å². The van der Waals surface area contributed by atoms with Crippen molar-refractivity contribution < 1.29 is 9.53 Å². The number of nitrogens with one attached hydrogen (secondary N) is 1. The van der Waals surface area contributed by atoms with Crippen molar-refractivity contribution in [1.82, 2.24) is 10.3 Å². The number of carbonyl (C=O) groups excluding carboxylic acids is 1. The van der Waals surface area contributed by atoms with Gasteiger partial charge in [0, 0.05) is 11.5 Å². The van der Waals surface area contributed by atoms with E-state index in [-0.39, 0.29) is 12.5 Å². The molecule has 0 aliphatic heterocycles. The highest BCUT2D eigenvalue weighted by Crippen LogP contribution is 2.10. The summed E-state index contributed by atoms with van der Waals surface area (Å²) in [5, 5.41) is 2.77. The predicted octanol–water partition coefficient (Wildman–Crippen LogP) is 1.10. The molecule has 0 aromatic carbocycles. The molecule has 14 heavy (non-hydrogen) atoms. The number of aryl methyl sites for hydroxylation is 1. The number of hydrogen-bond donors (Lipinski definition) is 1. The third-order valence-corrected chi connectivity index (χ3v) is 2.66. The molecule has 0 unspecified atom stereocenters. The Morgan fingerprint density at radius 3 is 3.07 bits per heavy atom. The zero-order valence-electron chi connectivity index (χ0n) is 8.37. The molecule has 4 nitrogen and oxygen atoms in total. The Balaban J connectivity index is 2.27. The predicted molar refractivity (Wildman–Crippen MR) is 55.2 cm³/mol. The SMILES string of the molecule is CCOCC(=O)NCc1scnc1C. The molecule has 0 aliphatic rings. The fourth-order valence-corrected chi connectivity index (χ4v) is 1.64. The number of aromatic nitrogens is 1. The molecule has 0 bridgehead atoms. The van der Waals surface area contributed by atoms with Crippen molar-refractivity contribution in [2.45, 2.75) is 20.4 Å². The number of carbonyl (C=O) groups is 1. The van der Waals surface area contributed by atoms with Crippen molar-refractivity contribution in [3.8, 4) is 0 Å². The molecular formula is C9H14N2O2S. The Bertz CT molecular complexity index is 299. The minimum Gasteiger partial charge on any atom is -0.372 e. The molecule has 0 fully saturated rings. The summed E-state index contributed by atoms with van der Waals surface area (Å²) in [6, 6.07) is 0. The van der Waals surface area contributed by atoms with Gasteiger partial charge in [-0.1, -0.05) is 0 Å². The Kier molecular flexibility index (Phi) is 4.55. The average Bonchev–Trinajstić information content (AvgIpc) is 2.58. The summed E-state index contributed by atoms with van der Waals surface area (Å²) < 4.78 is 4.97. The molecule has 0 radical (unpaired) electrons. The molecule has 78 valence electrons. The van der Waals surface area contributed by atoms with E-state index in [1.807, 2.05) is 13.8 Å². The van der Waals surface area contributed by atoms with Gasteiger partial charge in [0.1, 0.15) is 6.61 Å². The molecule has 1 amide bonds. The van der Waals surface area contributed by atoms with Gasteiger partial charge in [-0.25, -0.2) is 4.98 Å². The van der Waals surface area contributed by atoms with Crippen molar-refractivity contribution in [2.24, 2.45) is 0 Å². The number of amides is 1. The van der Waals surface area contributed by atoms with E-state index < -0.39 is 0 Å². The third kappa shape index (κ3) is 3.43. The number of nitrogens with zero attached hydrogens (tertiary/aromatic N) is 1. The third-order valence-electron chi connectivity index (χ3n) is 1.73. The summed E-state index contributed by atoms with van der Waals surface area (Å²) in [6.45, 7) is 5.03. The maximum atomic E-state index is 11.2. The van der Waals surface area contributed by atoms with E-state index in [1.165, 1.54) is 0 Å². The first-order valence-corrected chi connectivity index (χ1v) is 5.35. The van der Waals surface area contributed by atoms with Gasteiger partial charge in [-0.2, -0.15) is 0 Å². The fraction of sp³-hybridized carbons (Fsp3) is 0.556. The van der Waals surface area contributed by atoms with Crippen molar-refractivity contribution in [3.05, 3.63) is 16.1 Å². The van der Waals surface area contributed by atoms with E-state index in [0.717, 1.165) is 10.6 Å². The monoisotopic (exact) mass is 214 g/mol. The molecule has 1 rings (SSSR count). The maximum absolute atomic E-state index is 11.2. The zero-order valence-corrected chi connectivity index (χ0v) is 9.19. The van der Waals surface area contributed by atoms with Crippen LogP contribution in [-0.4, -0.2) is 24.1 Å². The molecule has 1 N–H and O–H groups in total. The Morgan fingerprint density at radius 2 is 2.50 bits per heavy atom. The maximum Gasteiger partial charge on any atom is 0.246 e. The van der Waals surface area contributed by atoms with Crippen LogP contribution in [0, 0.1) is 6.92 Å². The Morgan fingerprint density at radius 1 is 1.71 bits per heavy atom. The fourth-order valence-electron chi connectivity index (χ4n) is 0.921. The quantitative estimate of drug-likeness (QED) is 0.798. The van der Waals surface area contributed by atoms with Gasteiger partial charge in [0.15, 0.2) is 0 Å². The molecule has 5 heteroatoms. The minimum absolute atomic E-state index is 0.0837. The molecule has 0 spiro atoms. The van der Waals surface area contributed by atoms with Crippen LogP contribution in [0.1, 0.15) is 17.5 Å². The summed E-state index contributed by atoms with van der Waals surface area (Å²) in [5.41, 5.74) is 2.76. The van der Waals surface area contributed by atoms with Crippen LogP contribution in [0.25, 0.3) is 0 Å². The van der Waals surface area contributed by atoms with Crippen molar-refractivity contribution in [3.63, 3.8) is 0 Å². The second kappa shape index (κ2) is 5.72. The van der Waals surface area contributed by atoms with Gasteiger partial charge < -0.3 is 10.1 Å². The smallest absolute Gasteiger partial charge is 0.246 e. The van der Waals surface area contributed by atoms with Gasteiger partial charge >= 0.3 is 0 Å². The highest BCUT2D eigenvalue weighted by Gasteiger charge is 2.04. The molecular weight excluding hydrogens is 200 g/mol. The zero-order chi connectivity index (χ0) is 10.4. The van der Waals surface area contributed by atoms with Gasteiger partial charge in [0.2, 0.25) is 5.91 Å². The normalized spacial score (nSPS) is 10.1. The molecule has 1 aromatic rings. The highest BCUT2D eigenvalue weighted by atomic mass is 32.1. The molecule has 0 saturated carbocycles. The van der Waals surface area contributed by atoms with E-state index in [9.17, 15) is 4.79 Å². The first kappa shape index (κ1) is 11.1. The van der Waals surface area contributed by atoms with Crippen LogP contribution in [0.15, 0.2) is 5.51 Å². The molecule has 1 heterocycles. The number of ether oxygens (including phenoxy) is 1. The molecule has 1 aromatic heterocycles. The largest absolute Gasteiger partial charge is 0.372 e. The first-order valence-electron chi connectivity index (χ1n) is 4.47. The first-order chi connectivity index (χ1) is 6.74. The van der Waals surface area contributed by atoms with Gasteiger partial charge in [0.25, 0.3) is 0 Å². The lowest BCUT2D eigenvalue weighted by Crippen LogP contribution is -2.26. The minimum atomic E-state index is -0.0837. The molecule has 0 saturated heterocycles. The summed E-state index contributed by atoms with van der Waals surface area (Å²) >= 11 is 1.55. The number of hydrogen-bond acceptors (Lipinski definition) is 4. The van der Waals surface area contributed by atoms with Gasteiger partial charge in [-0.15, -0.1) is 11.3 Å². The van der Waals surface area contributed by atoms with E-state index in [0.29, 0.717) is 13.2 Å². The lowest BCUT2D eigenvalue weighted by molar-refractivity contribution is -0.125. The van der Waals surface area contributed by atoms with E-state index in [4.69, 9.17) is 4.74 Å². The van der Waals surface area contributed by atoms with Crippen molar-refractivity contribution in [1.29, 1.82) is 0 Å². The van der Waals surface area contributed by atoms with E-state index in [2.05, 4.69) is 10.3 Å². The number of thiazole rings is 1. The number of rotatable bonds is 5. The van der Waals surface area contributed by atoms with E-state index in [1.54, 1.807) is 16.8 Å². The lowest BCUT2D eigenvalue weighted by Gasteiger charge is -2.03. The summed E-state index contributed by atoms with van der Waals surface area (Å²) in [5.74, 6) is -0.0837. The lowest BCUT2D eigenvalue weighted by atomic mass is 10.4. The summed E-state index contributed by atoms with van der Waals surface area (Å²) in [4.78, 5) is 16.3. The van der Waals surface area contributed by atoms with Crippen LogP contribution >= 0.6 is 11.3 Å². The second-order valence-corrected chi connectivity index (χ2v) is 3.71. The Labute approximate surface area is 87.3 Å². The van der Waals surface area contributed by atoms with Crippen LogP contribution in [0.4, 0.5) is 0 Å². The van der Waals surface area contributed by atoms with Crippen molar-refractivity contribution in [2.75, 3.05) is 13.2 Å². The average molecular weight is 214 g/mol. The van der Waals surface area contributed by atoms with Gasteiger partial charge in [-0.3, -0.25) is 4.79 Å². The summed E-state index contributed by atoms with van der Waals surface area (Å²) in [7, 11) is 0. The standard InChI is InChI=1S/C9H14N2O2S/c1-3-13-5-9(12)10-4-8-7(2)11-6-14-8/h6H,3-5H2,1-2H3,(H,10,12). The van der Waals surface area contributed by atoms with Crippen LogP contribution in [0.2, 0.25) is 0 Å². The van der Waals surface area contributed by atoms with E-state index >= 15 is 0 Å². The highest BCUT2D eigenvalue weighted by molar-refractivity contribution is 7.09. The Hall–Kier alpha value is -0.940. The van der Waals surface area contributed by atoms with Gasteiger partial charge in [-0.05, 0) is 13.8 Å². The van der Waals surface area contributed by atoms with Crippen LogP contribution in [0.3, 0.4) is 0 Å². The van der Waals surface area contributed by atoms with Crippen LogP contribution in [0.5, 0.6) is 0 Å². The molecule has 0 aliphatic carbocycles. The van der Waals surface area contributed by atoms with Crippen LogP contribution in [-0.2, 0) is 16.1 Å². The summed E-state index contributed by atoms with van der Waals surface area (Å²) in [6.07, 6.45) is 0. The van der Waals surface area contributed by atoms with Gasteiger partial charge in [0.05, 0.1) is 17.7 Å². The van der Waals surface area contributed by atoms with Crippen molar-refractivity contribution >= 4 is 17.2 Å².